The van der Waals surface area contributed by atoms with Gasteiger partial charge in [-0.15, -0.1) is 24.2 Å². The van der Waals surface area contributed by atoms with Crippen LogP contribution in [0.15, 0.2) is 65.7 Å². The molecule has 144 valence electrons. The van der Waals surface area contributed by atoms with E-state index in [-0.39, 0.29) is 18.2 Å². The molecule has 28 heavy (non-hydrogen) atoms. The number of hydrogen-bond acceptors (Lipinski definition) is 2. The molecule has 0 aliphatic carbocycles. The molecule has 0 spiro atoms. The number of rotatable bonds is 4. The Hall–Kier alpha value is -2.30. The first-order valence-corrected chi connectivity index (χ1v) is 10.1. The minimum atomic E-state index is -0.204. The van der Waals surface area contributed by atoms with E-state index in [4.69, 9.17) is 4.98 Å². The second kappa shape index (κ2) is 8.38. The summed E-state index contributed by atoms with van der Waals surface area (Å²) >= 11 is 1.73. The zero-order valence-corrected chi connectivity index (χ0v) is 17.7. The quantitative estimate of drug-likeness (QED) is 0.349. The van der Waals surface area contributed by atoms with Crippen molar-refractivity contribution in [1.82, 2.24) is 9.55 Å². The standard InChI is InChI=1S/C23H21FN2S.ClH/c1-15-16(2)26(14-17-5-4-6-19(24)13-17)23-21(15)11-12-25-22(23)18-7-9-20(27-3)10-8-18;/h4-13H,14H2,1-3H3;1H. The van der Waals surface area contributed by atoms with E-state index in [1.807, 2.05) is 12.3 Å². The van der Waals surface area contributed by atoms with E-state index < -0.39 is 0 Å². The van der Waals surface area contributed by atoms with Crippen molar-refractivity contribution in [3.05, 3.63) is 83.4 Å². The van der Waals surface area contributed by atoms with Crippen molar-refractivity contribution in [2.45, 2.75) is 25.3 Å². The van der Waals surface area contributed by atoms with E-state index in [0.29, 0.717) is 6.54 Å². The zero-order valence-electron chi connectivity index (χ0n) is 16.1. The Morgan fingerprint density at radius 1 is 1.04 bits per heavy atom. The molecular weight excluding hydrogens is 391 g/mol. The van der Waals surface area contributed by atoms with Crippen molar-refractivity contribution in [3.63, 3.8) is 0 Å². The number of fused-ring (bicyclic) bond motifs is 1. The molecule has 0 N–H and O–H groups in total. The molecule has 0 saturated heterocycles. The van der Waals surface area contributed by atoms with Crippen LogP contribution >= 0.6 is 24.2 Å². The normalized spacial score (nSPS) is 10.9. The van der Waals surface area contributed by atoms with Crippen molar-refractivity contribution >= 4 is 35.1 Å². The Kier molecular flexibility index (Phi) is 6.11. The van der Waals surface area contributed by atoms with Gasteiger partial charge in [-0.05, 0) is 61.6 Å². The van der Waals surface area contributed by atoms with Gasteiger partial charge in [0.25, 0.3) is 0 Å². The lowest BCUT2D eigenvalue weighted by molar-refractivity contribution is 0.623. The van der Waals surface area contributed by atoms with Crippen LogP contribution in [0.1, 0.15) is 16.8 Å². The second-order valence-corrected chi connectivity index (χ2v) is 7.59. The highest BCUT2D eigenvalue weighted by atomic mass is 35.5. The molecule has 0 unspecified atom stereocenters. The van der Waals surface area contributed by atoms with Gasteiger partial charge < -0.3 is 4.57 Å². The van der Waals surface area contributed by atoms with Gasteiger partial charge in [-0.1, -0.05) is 24.3 Å². The summed E-state index contributed by atoms with van der Waals surface area (Å²) in [6, 6.07) is 17.4. The number of pyridine rings is 1. The molecule has 0 saturated carbocycles. The molecule has 0 aliphatic rings. The molecular formula is C23H22ClFN2S. The van der Waals surface area contributed by atoms with Gasteiger partial charge in [-0.2, -0.15) is 0 Å². The molecule has 2 aromatic carbocycles. The largest absolute Gasteiger partial charge is 0.338 e. The fourth-order valence-electron chi connectivity index (χ4n) is 3.57. The van der Waals surface area contributed by atoms with Crippen LogP contribution in [-0.2, 0) is 6.54 Å². The number of nitrogens with zero attached hydrogens (tertiary/aromatic N) is 2. The molecule has 0 atom stereocenters. The van der Waals surface area contributed by atoms with Gasteiger partial charge in [-0.3, -0.25) is 4.98 Å². The molecule has 4 rings (SSSR count). The van der Waals surface area contributed by atoms with Gasteiger partial charge in [0.15, 0.2) is 0 Å². The first-order valence-electron chi connectivity index (χ1n) is 8.91. The minimum absolute atomic E-state index is 0. The summed E-state index contributed by atoms with van der Waals surface area (Å²) in [6.07, 6.45) is 3.95. The Labute approximate surface area is 175 Å². The van der Waals surface area contributed by atoms with E-state index in [9.17, 15) is 4.39 Å². The van der Waals surface area contributed by atoms with Gasteiger partial charge in [0.05, 0.1) is 11.2 Å². The average Bonchev–Trinajstić information content (AvgIpc) is 2.93. The second-order valence-electron chi connectivity index (χ2n) is 6.71. The van der Waals surface area contributed by atoms with Crippen molar-refractivity contribution in [1.29, 1.82) is 0 Å². The maximum atomic E-state index is 13.7. The zero-order chi connectivity index (χ0) is 19.0. The third-order valence-electron chi connectivity index (χ3n) is 5.14. The van der Waals surface area contributed by atoms with E-state index in [1.165, 1.54) is 27.6 Å². The number of benzene rings is 2. The maximum absolute atomic E-state index is 13.7. The fourth-order valence-corrected chi connectivity index (χ4v) is 3.98. The van der Waals surface area contributed by atoms with Crippen molar-refractivity contribution < 1.29 is 4.39 Å². The van der Waals surface area contributed by atoms with Crippen LogP contribution in [0.2, 0.25) is 0 Å². The summed E-state index contributed by atoms with van der Waals surface area (Å²) in [5.74, 6) is -0.204. The Morgan fingerprint density at radius 3 is 2.46 bits per heavy atom. The van der Waals surface area contributed by atoms with E-state index in [2.05, 4.69) is 55.0 Å². The smallest absolute Gasteiger partial charge is 0.123 e. The average molecular weight is 413 g/mol. The number of halogens is 2. The van der Waals surface area contributed by atoms with Crippen molar-refractivity contribution in [3.8, 4) is 11.3 Å². The van der Waals surface area contributed by atoms with Gasteiger partial charge in [-0.25, -0.2) is 4.39 Å². The van der Waals surface area contributed by atoms with Crippen LogP contribution in [0.4, 0.5) is 4.39 Å². The Morgan fingerprint density at radius 2 is 1.79 bits per heavy atom. The van der Waals surface area contributed by atoms with E-state index >= 15 is 0 Å². The van der Waals surface area contributed by atoms with Crippen LogP contribution in [0.3, 0.4) is 0 Å². The summed E-state index contributed by atoms with van der Waals surface area (Å²) in [4.78, 5) is 5.94. The molecule has 4 aromatic rings. The summed E-state index contributed by atoms with van der Waals surface area (Å²) in [5.41, 5.74) is 6.54. The van der Waals surface area contributed by atoms with Crippen LogP contribution in [0.25, 0.3) is 22.2 Å². The summed E-state index contributed by atoms with van der Waals surface area (Å²) in [5, 5.41) is 1.20. The van der Waals surface area contributed by atoms with Crippen molar-refractivity contribution in [2.24, 2.45) is 0 Å². The molecule has 2 aromatic heterocycles. The summed E-state index contributed by atoms with van der Waals surface area (Å²) in [7, 11) is 0. The lowest BCUT2D eigenvalue weighted by Crippen LogP contribution is -2.03. The van der Waals surface area contributed by atoms with Gasteiger partial charge in [0.2, 0.25) is 0 Å². The summed E-state index contributed by atoms with van der Waals surface area (Å²) < 4.78 is 15.9. The lowest BCUT2D eigenvalue weighted by Gasteiger charge is -2.12. The molecule has 0 aliphatic heterocycles. The third kappa shape index (κ3) is 3.67. The topological polar surface area (TPSA) is 17.8 Å². The van der Waals surface area contributed by atoms with Gasteiger partial charge in [0.1, 0.15) is 5.82 Å². The maximum Gasteiger partial charge on any atom is 0.123 e. The first kappa shape index (κ1) is 20.4. The molecule has 0 amide bonds. The Balaban J connectivity index is 0.00000225. The third-order valence-corrected chi connectivity index (χ3v) is 5.88. The monoisotopic (exact) mass is 412 g/mol. The number of thioether (sulfide) groups is 1. The highest BCUT2D eigenvalue weighted by Crippen LogP contribution is 2.33. The number of aryl methyl sites for hydroxylation is 1. The minimum Gasteiger partial charge on any atom is -0.338 e. The van der Waals surface area contributed by atoms with Crippen LogP contribution in [0.5, 0.6) is 0 Å². The highest BCUT2D eigenvalue weighted by molar-refractivity contribution is 7.98. The molecule has 2 nitrogen and oxygen atoms in total. The molecule has 0 fully saturated rings. The highest BCUT2D eigenvalue weighted by Gasteiger charge is 2.16. The molecule has 2 heterocycles. The number of aromatic nitrogens is 2. The van der Waals surface area contributed by atoms with Gasteiger partial charge in [0, 0.05) is 34.3 Å². The molecule has 5 heteroatoms. The SMILES string of the molecule is CSc1ccc(-c2nccc3c(C)c(C)n(Cc4cccc(F)c4)c23)cc1.Cl. The molecule has 0 radical (unpaired) electrons. The molecule has 0 bridgehead atoms. The predicted molar refractivity (Wildman–Crippen MR) is 119 cm³/mol. The first-order chi connectivity index (χ1) is 13.1. The fraction of sp³-hybridized carbons (Fsp3) is 0.174. The summed E-state index contributed by atoms with van der Waals surface area (Å²) in [6.45, 7) is 4.88. The number of hydrogen-bond donors (Lipinski definition) is 0. The van der Waals surface area contributed by atoms with Crippen LogP contribution in [-0.4, -0.2) is 15.8 Å². The van der Waals surface area contributed by atoms with E-state index in [1.54, 1.807) is 23.9 Å². The van der Waals surface area contributed by atoms with Gasteiger partial charge >= 0.3 is 0 Å². The Bertz CT molecular complexity index is 1120. The lowest BCUT2D eigenvalue weighted by atomic mass is 10.1. The van der Waals surface area contributed by atoms with Crippen LogP contribution < -0.4 is 0 Å². The predicted octanol–water partition coefficient (Wildman–Crippen LogP) is 6.65. The van der Waals surface area contributed by atoms with Crippen LogP contribution in [0, 0.1) is 19.7 Å². The van der Waals surface area contributed by atoms with Crippen molar-refractivity contribution in [2.75, 3.05) is 6.26 Å². The van der Waals surface area contributed by atoms with E-state index in [0.717, 1.165) is 22.3 Å².